The van der Waals surface area contributed by atoms with E-state index in [0.29, 0.717) is 18.6 Å². The molecule has 0 aromatic heterocycles. The third kappa shape index (κ3) is 1.27. The number of carbonyl (C=O) groups excluding carboxylic acids is 1. The summed E-state index contributed by atoms with van der Waals surface area (Å²) in [6.45, 7) is 0. The molecule has 2 fully saturated rings. The summed E-state index contributed by atoms with van der Waals surface area (Å²) in [6.07, 6.45) is 4.42. The Morgan fingerprint density at radius 3 is 2.67 bits per heavy atom. The van der Waals surface area contributed by atoms with E-state index in [1.807, 2.05) is 0 Å². The number of carbonyl (C=O) groups is 1. The first-order valence-electron chi connectivity index (χ1n) is 4.96. The summed E-state index contributed by atoms with van der Waals surface area (Å²) in [6, 6.07) is 0. The van der Waals surface area contributed by atoms with Crippen LogP contribution in [0.2, 0.25) is 0 Å². The topological polar surface area (TPSA) is 17.1 Å². The summed E-state index contributed by atoms with van der Waals surface area (Å²) in [5.41, 5.74) is 0. The highest BCUT2D eigenvalue weighted by atomic mass is 19.1. The molecule has 2 aliphatic carbocycles. The van der Waals surface area contributed by atoms with E-state index in [0.717, 1.165) is 25.7 Å². The number of fused-ring (bicyclic) bond motifs is 1. The maximum absolute atomic E-state index is 13.3. The van der Waals surface area contributed by atoms with Crippen molar-refractivity contribution in [3.05, 3.63) is 0 Å². The Bertz CT molecular complexity index is 190. The van der Waals surface area contributed by atoms with Crippen LogP contribution in [0.25, 0.3) is 0 Å². The Kier molecular flexibility index (Phi) is 2.16. The van der Waals surface area contributed by atoms with Gasteiger partial charge in [0.1, 0.15) is 12.0 Å². The highest BCUT2D eigenvalue weighted by Crippen LogP contribution is 2.39. The summed E-state index contributed by atoms with van der Waals surface area (Å²) in [5, 5.41) is 0. The van der Waals surface area contributed by atoms with E-state index in [2.05, 4.69) is 0 Å². The number of hydrogen-bond acceptors (Lipinski definition) is 1. The first-order valence-corrected chi connectivity index (χ1v) is 4.96. The minimum Gasteiger partial charge on any atom is -0.299 e. The lowest BCUT2D eigenvalue weighted by Gasteiger charge is -2.36. The molecule has 0 aliphatic heterocycles. The Balaban J connectivity index is 2.11. The molecule has 0 N–H and O–H groups in total. The summed E-state index contributed by atoms with van der Waals surface area (Å²) in [4.78, 5) is 11.4. The minimum absolute atomic E-state index is 0.0833. The van der Waals surface area contributed by atoms with Crippen LogP contribution in [0.15, 0.2) is 0 Å². The number of Topliss-reactive ketones (excluding diaryl/α,β-unsaturated/α-hetero) is 1. The van der Waals surface area contributed by atoms with Crippen molar-refractivity contribution in [3.8, 4) is 0 Å². The van der Waals surface area contributed by atoms with Gasteiger partial charge in [-0.05, 0) is 25.2 Å². The smallest absolute Gasteiger partial charge is 0.136 e. The Labute approximate surface area is 72.3 Å². The van der Waals surface area contributed by atoms with Crippen molar-refractivity contribution < 1.29 is 9.18 Å². The molecule has 0 spiro atoms. The molecule has 0 saturated heterocycles. The molecule has 2 heteroatoms. The number of alkyl halides is 1. The van der Waals surface area contributed by atoms with Gasteiger partial charge in [0.15, 0.2) is 0 Å². The normalized spacial score (nSPS) is 42.4. The summed E-state index contributed by atoms with van der Waals surface area (Å²) in [7, 11) is 0. The van der Waals surface area contributed by atoms with Crippen molar-refractivity contribution in [1.29, 1.82) is 0 Å². The van der Waals surface area contributed by atoms with Gasteiger partial charge in [-0.1, -0.05) is 12.8 Å². The highest BCUT2D eigenvalue weighted by Gasteiger charge is 2.39. The molecule has 1 nitrogen and oxygen atoms in total. The molecule has 0 heterocycles. The molecule has 2 rings (SSSR count). The van der Waals surface area contributed by atoms with E-state index in [9.17, 15) is 9.18 Å². The molecule has 2 saturated carbocycles. The van der Waals surface area contributed by atoms with E-state index in [1.165, 1.54) is 0 Å². The lowest BCUT2D eigenvalue weighted by atomic mass is 9.69. The lowest BCUT2D eigenvalue weighted by Crippen LogP contribution is -2.38. The van der Waals surface area contributed by atoms with Gasteiger partial charge < -0.3 is 0 Å². The molecule has 0 bridgehead atoms. The maximum atomic E-state index is 13.3. The van der Waals surface area contributed by atoms with Crippen LogP contribution in [0.3, 0.4) is 0 Å². The summed E-state index contributed by atoms with van der Waals surface area (Å²) in [5.74, 6) is 0.496. The zero-order valence-corrected chi connectivity index (χ0v) is 7.26. The second-order valence-electron chi connectivity index (χ2n) is 4.08. The van der Waals surface area contributed by atoms with Gasteiger partial charge in [-0.25, -0.2) is 4.39 Å². The molecule has 12 heavy (non-hydrogen) atoms. The SMILES string of the molecule is O=C1CC[C@@H](F)[C@H]2CCCC[C@H]12. The maximum Gasteiger partial charge on any atom is 0.136 e. The highest BCUT2D eigenvalue weighted by molar-refractivity contribution is 5.82. The predicted octanol–water partition coefficient (Wildman–Crippen LogP) is 2.49. The first-order chi connectivity index (χ1) is 5.79. The first kappa shape index (κ1) is 8.21. The molecule has 0 aromatic carbocycles. The van der Waals surface area contributed by atoms with Gasteiger partial charge in [-0.3, -0.25) is 4.79 Å². The Morgan fingerprint density at radius 2 is 1.92 bits per heavy atom. The minimum atomic E-state index is -0.687. The van der Waals surface area contributed by atoms with Crippen molar-refractivity contribution in [2.45, 2.75) is 44.7 Å². The molecule has 3 atom stereocenters. The van der Waals surface area contributed by atoms with Crippen LogP contribution in [-0.2, 0) is 4.79 Å². The fourth-order valence-electron chi connectivity index (χ4n) is 2.67. The molecular formula is C10H15FO. The Morgan fingerprint density at radius 1 is 1.17 bits per heavy atom. The number of rotatable bonds is 0. The van der Waals surface area contributed by atoms with Crippen LogP contribution in [0.1, 0.15) is 38.5 Å². The van der Waals surface area contributed by atoms with Crippen LogP contribution >= 0.6 is 0 Å². The molecule has 0 unspecified atom stereocenters. The van der Waals surface area contributed by atoms with E-state index in [4.69, 9.17) is 0 Å². The fraction of sp³-hybridized carbons (Fsp3) is 0.900. The van der Waals surface area contributed by atoms with Gasteiger partial charge in [0, 0.05) is 12.3 Å². The van der Waals surface area contributed by atoms with Crippen molar-refractivity contribution in [1.82, 2.24) is 0 Å². The lowest BCUT2D eigenvalue weighted by molar-refractivity contribution is -0.130. The van der Waals surface area contributed by atoms with Crippen molar-refractivity contribution >= 4 is 5.78 Å². The average Bonchev–Trinajstić information content (AvgIpc) is 2.12. The van der Waals surface area contributed by atoms with E-state index in [1.54, 1.807) is 0 Å². The number of halogens is 1. The largest absolute Gasteiger partial charge is 0.299 e. The van der Waals surface area contributed by atoms with E-state index >= 15 is 0 Å². The predicted molar refractivity (Wildman–Crippen MR) is 44.6 cm³/mol. The molecule has 2 aliphatic rings. The van der Waals surface area contributed by atoms with Gasteiger partial charge in [0.2, 0.25) is 0 Å². The second kappa shape index (κ2) is 3.15. The molecule has 68 valence electrons. The van der Waals surface area contributed by atoms with Gasteiger partial charge in [0.25, 0.3) is 0 Å². The molecule has 0 radical (unpaired) electrons. The van der Waals surface area contributed by atoms with Crippen LogP contribution in [-0.4, -0.2) is 12.0 Å². The third-order valence-corrected chi connectivity index (χ3v) is 3.36. The fourth-order valence-corrected chi connectivity index (χ4v) is 2.67. The second-order valence-corrected chi connectivity index (χ2v) is 4.08. The van der Waals surface area contributed by atoms with E-state index in [-0.39, 0.29) is 11.8 Å². The molecular weight excluding hydrogens is 155 g/mol. The quantitative estimate of drug-likeness (QED) is 0.546. The van der Waals surface area contributed by atoms with Crippen LogP contribution in [0.4, 0.5) is 4.39 Å². The van der Waals surface area contributed by atoms with Crippen LogP contribution < -0.4 is 0 Å². The summed E-state index contributed by atoms with van der Waals surface area (Å²) >= 11 is 0. The van der Waals surface area contributed by atoms with Gasteiger partial charge in [-0.15, -0.1) is 0 Å². The monoisotopic (exact) mass is 170 g/mol. The zero-order chi connectivity index (χ0) is 8.55. The van der Waals surface area contributed by atoms with Crippen molar-refractivity contribution in [2.24, 2.45) is 11.8 Å². The Hall–Kier alpha value is -0.400. The zero-order valence-electron chi connectivity index (χ0n) is 7.26. The van der Waals surface area contributed by atoms with Crippen LogP contribution in [0, 0.1) is 11.8 Å². The number of ketones is 1. The van der Waals surface area contributed by atoms with Gasteiger partial charge in [-0.2, -0.15) is 0 Å². The van der Waals surface area contributed by atoms with Crippen molar-refractivity contribution in [3.63, 3.8) is 0 Å². The molecule has 0 aromatic rings. The summed E-state index contributed by atoms with van der Waals surface area (Å²) < 4.78 is 13.3. The average molecular weight is 170 g/mol. The van der Waals surface area contributed by atoms with Crippen molar-refractivity contribution in [2.75, 3.05) is 0 Å². The standard InChI is InChI=1S/C10H15FO/c11-9-5-6-10(12)8-4-2-1-3-7(8)9/h7-9H,1-6H2/t7-,8-,9+/m0/s1. The van der Waals surface area contributed by atoms with Gasteiger partial charge >= 0.3 is 0 Å². The number of hydrogen-bond donors (Lipinski definition) is 0. The van der Waals surface area contributed by atoms with Crippen LogP contribution in [0.5, 0.6) is 0 Å². The molecule has 0 amide bonds. The third-order valence-electron chi connectivity index (χ3n) is 3.36. The van der Waals surface area contributed by atoms with Gasteiger partial charge in [0.05, 0.1) is 0 Å². The van der Waals surface area contributed by atoms with E-state index < -0.39 is 6.17 Å².